The molecule has 1 N–H and O–H groups in total. The number of rotatable bonds is 5. The summed E-state index contributed by atoms with van der Waals surface area (Å²) >= 11 is 0. The third-order valence-electron chi connectivity index (χ3n) is 3.01. The highest BCUT2D eigenvalue weighted by Gasteiger charge is 2.16. The number of hydrogen-bond donors (Lipinski definition) is 1. The molecule has 0 aliphatic carbocycles. The van der Waals surface area contributed by atoms with Crippen LogP contribution in [0.25, 0.3) is 11.4 Å². The van der Waals surface area contributed by atoms with Crippen molar-refractivity contribution in [3.05, 3.63) is 23.5 Å². The first kappa shape index (κ1) is 14.1. The van der Waals surface area contributed by atoms with Crippen molar-refractivity contribution in [3.8, 4) is 11.4 Å². The highest BCUT2D eigenvalue weighted by molar-refractivity contribution is 5.67. The summed E-state index contributed by atoms with van der Waals surface area (Å²) in [6, 6.07) is 3.84. The van der Waals surface area contributed by atoms with Gasteiger partial charge in [-0.25, -0.2) is 4.68 Å². The molecule has 0 aliphatic rings. The van der Waals surface area contributed by atoms with Gasteiger partial charge in [-0.15, -0.1) is 5.10 Å². The Balaban J connectivity index is 2.26. The molecule has 0 bridgehead atoms. The van der Waals surface area contributed by atoms with Gasteiger partial charge >= 0.3 is 5.97 Å². The van der Waals surface area contributed by atoms with Gasteiger partial charge in [-0.1, -0.05) is 6.92 Å². The molecule has 1 atom stereocenters. The van der Waals surface area contributed by atoms with E-state index in [4.69, 9.17) is 5.11 Å². The van der Waals surface area contributed by atoms with E-state index in [0.29, 0.717) is 12.4 Å². The summed E-state index contributed by atoms with van der Waals surface area (Å²) < 4.78 is 1.63. The summed E-state index contributed by atoms with van der Waals surface area (Å²) in [4.78, 5) is 15.1. The standard InChI is InChI=1S/C13H17N5O2/c1-8(6-12(19)20)7-18-13(15-16-17-18)11-5-4-9(2)14-10(11)3/h4-5,8H,6-7H2,1-3H3,(H,19,20). The van der Waals surface area contributed by atoms with E-state index in [1.54, 1.807) is 4.68 Å². The summed E-state index contributed by atoms with van der Waals surface area (Å²) in [5.74, 6) is -0.249. The van der Waals surface area contributed by atoms with Gasteiger partial charge in [-0.2, -0.15) is 0 Å². The normalized spacial score (nSPS) is 12.3. The average molecular weight is 275 g/mol. The SMILES string of the molecule is Cc1ccc(-c2nnnn2CC(C)CC(=O)O)c(C)n1. The summed E-state index contributed by atoms with van der Waals surface area (Å²) in [6.07, 6.45) is 0.0877. The Bertz CT molecular complexity index is 623. The lowest BCUT2D eigenvalue weighted by molar-refractivity contribution is -0.138. The fourth-order valence-corrected chi connectivity index (χ4v) is 2.10. The van der Waals surface area contributed by atoms with Gasteiger partial charge in [0.1, 0.15) is 0 Å². The van der Waals surface area contributed by atoms with Gasteiger partial charge in [0, 0.05) is 29.9 Å². The molecule has 7 nitrogen and oxygen atoms in total. The molecule has 7 heteroatoms. The lowest BCUT2D eigenvalue weighted by Crippen LogP contribution is -2.14. The van der Waals surface area contributed by atoms with Crippen molar-refractivity contribution in [1.29, 1.82) is 0 Å². The summed E-state index contributed by atoms with van der Waals surface area (Å²) in [7, 11) is 0. The Hall–Kier alpha value is -2.31. The van der Waals surface area contributed by atoms with E-state index in [1.807, 2.05) is 32.9 Å². The second kappa shape index (κ2) is 5.77. The van der Waals surface area contributed by atoms with Gasteiger partial charge in [0.25, 0.3) is 0 Å². The molecular formula is C13H17N5O2. The number of carboxylic acids is 1. The van der Waals surface area contributed by atoms with Crippen LogP contribution in [0.5, 0.6) is 0 Å². The van der Waals surface area contributed by atoms with Crippen LogP contribution in [0.1, 0.15) is 24.7 Å². The van der Waals surface area contributed by atoms with Crippen LogP contribution >= 0.6 is 0 Å². The van der Waals surface area contributed by atoms with Crippen molar-refractivity contribution in [3.63, 3.8) is 0 Å². The third kappa shape index (κ3) is 3.17. The van der Waals surface area contributed by atoms with Crippen LogP contribution in [0, 0.1) is 19.8 Å². The van der Waals surface area contributed by atoms with Crippen LogP contribution in [0.2, 0.25) is 0 Å². The van der Waals surface area contributed by atoms with E-state index in [2.05, 4.69) is 20.5 Å². The highest BCUT2D eigenvalue weighted by Crippen LogP contribution is 2.20. The van der Waals surface area contributed by atoms with Crippen LogP contribution in [0.4, 0.5) is 0 Å². The molecule has 0 spiro atoms. The molecule has 20 heavy (non-hydrogen) atoms. The smallest absolute Gasteiger partial charge is 0.303 e. The van der Waals surface area contributed by atoms with Crippen molar-refractivity contribution in [2.45, 2.75) is 33.7 Å². The minimum Gasteiger partial charge on any atom is -0.481 e. The van der Waals surface area contributed by atoms with Gasteiger partial charge < -0.3 is 5.11 Å². The number of tetrazole rings is 1. The minimum atomic E-state index is -0.819. The van der Waals surface area contributed by atoms with Crippen molar-refractivity contribution in [2.24, 2.45) is 5.92 Å². The topological polar surface area (TPSA) is 93.8 Å². The van der Waals surface area contributed by atoms with Crippen molar-refractivity contribution < 1.29 is 9.90 Å². The Morgan fingerprint density at radius 1 is 1.40 bits per heavy atom. The average Bonchev–Trinajstić information content (AvgIpc) is 2.75. The Morgan fingerprint density at radius 3 is 2.80 bits per heavy atom. The minimum absolute atomic E-state index is 0.0477. The maximum atomic E-state index is 10.7. The molecule has 2 rings (SSSR count). The van der Waals surface area contributed by atoms with Crippen molar-refractivity contribution in [2.75, 3.05) is 0 Å². The first-order valence-electron chi connectivity index (χ1n) is 6.40. The summed E-state index contributed by atoms with van der Waals surface area (Å²) in [5.41, 5.74) is 2.65. The van der Waals surface area contributed by atoms with Gasteiger partial charge in [0.15, 0.2) is 5.82 Å². The largest absolute Gasteiger partial charge is 0.481 e. The van der Waals surface area contributed by atoms with Gasteiger partial charge in [-0.05, 0) is 42.3 Å². The molecule has 1 unspecified atom stereocenters. The molecule has 0 saturated carbocycles. The second-order valence-electron chi connectivity index (χ2n) is 4.97. The predicted octanol–water partition coefficient (Wildman–Crippen LogP) is 1.46. The van der Waals surface area contributed by atoms with E-state index in [-0.39, 0.29) is 12.3 Å². The molecule has 0 aromatic carbocycles. The molecule has 0 saturated heterocycles. The molecule has 0 radical (unpaired) electrons. The first-order valence-corrected chi connectivity index (χ1v) is 6.40. The van der Waals surface area contributed by atoms with E-state index >= 15 is 0 Å². The Kier molecular flexibility index (Phi) is 4.07. The first-order chi connectivity index (χ1) is 9.47. The Labute approximate surface area is 116 Å². The van der Waals surface area contributed by atoms with E-state index < -0.39 is 5.97 Å². The predicted molar refractivity (Wildman–Crippen MR) is 71.9 cm³/mol. The van der Waals surface area contributed by atoms with Crippen LogP contribution in [0.3, 0.4) is 0 Å². The maximum Gasteiger partial charge on any atom is 0.303 e. The molecule has 106 valence electrons. The van der Waals surface area contributed by atoms with E-state index in [9.17, 15) is 4.79 Å². The number of aromatic nitrogens is 5. The van der Waals surface area contributed by atoms with Gasteiger partial charge in [-0.3, -0.25) is 9.78 Å². The fourth-order valence-electron chi connectivity index (χ4n) is 2.10. The van der Waals surface area contributed by atoms with Crippen molar-refractivity contribution in [1.82, 2.24) is 25.2 Å². The van der Waals surface area contributed by atoms with Gasteiger partial charge in [0.05, 0.1) is 0 Å². The maximum absolute atomic E-state index is 10.7. The zero-order chi connectivity index (χ0) is 14.7. The second-order valence-corrected chi connectivity index (χ2v) is 4.97. The molecule has 2 aromatic rings. The molecule has 0 aliphatic heterocycles. The third-order valence-corrected chi connectivity index (χ3v) is 3.01. The molecule has 2 heterocycles. The van der Waals surface area contributed by atoms with Gasteiger partial charge in [0.2, 0.25) is 0 Å². The number of carbonyl (C=O) groups is 1. The van der Waals surface area contributed by atoms with E-state index in [1.165, 1.54) is 0 Å². The monoisotopic (exact) mass is 275 g/mol. The number of hydrogen-bond acceptors (Lipinski definition) is 5. The van der Waals surface area contributed by atoms with Crippen LogP contribution < -0.4 is 0 Å². The van der Waals surface area contributed by atoms with E-state index in [0.717, 1.165) is 17.0 Å². The zero-order valence-electron chi connectivity index (χ0n) is 11.7. The molecule has 2 aromatic heterocycles. The van der Waals surface area contributed by atoms with Crippen LogP contribution in [0.15, 0.2) is 12.1 Å². The molecular weight excluding hydrogens is 258 g/mol. The summed E-state index contributed by atoms with van der Waals surface area (Å²) in [5, 5.41) is 20.4. The van der Waals surface area contributed by atoms with Crippen molar-refractivity contribution >= 4 is 5.97 Å². The lowest BCUT2D eigenvalue weighted by atomic mass is 10.1. The molecule has 0 fully saturated rings. The Morgan fingerprint density at radius 2 is 2.15 bits per heavy atom. The molecule has 0 amide bonds. The number of carboxylic acid groups (broad SMARTS) is 1. The van der Waals surface area contributed by atoms with Crippen LogP contribution in [-0.2, 0) is 11.3 Å². The number of pyridine rings is 1. The number of aliphatic carboxylic acids is 1. The lowest BCUT2D eigenvalue weighted by Gasteiger charge is -2.11. The quantitative estimate of drug-likeness (QED) is 0.887. The number of nitrogens with zero attached hydrogens (tertiary/aromatic N) is 5. The highest BCUT2D eigenvalue weighted by atomic mass is 16.4. The number of aryl methyl sites for hydroxylation is 2. The summed E-state index contributed by atoms with van der Waals surface area (Å²) in [6.45, 7) is 6.15. The fraction of sp³-hybridized carbons (Fsp3) is 0.462. The van der Waals surface area contributed by atoms with Crippen LogP contribution in [-0.4, -0.2) is 36.3 Å². The zero-order valence-corrected chi connectivity index (χ0v) is 11.7.